The van der Waals surface area contributed by atoms with Crippen molar-refractivity contribution >= 4 is 0 Å². The van der Waals surface area contributed by atoms with Crippen molar-refractivity contribution < 1.29 is 4.52 Å². The fourth-order valence-electron chi connectivity index (χ4n) is 1.66. The van der Waals surface area contributed by atoms with Gasteiger partial charge in [-0.1, -0.05) is 5.16 Å². The van der Waals surface area contributed by atoms with Crippen LogP contribution in [0.2, 0.25) is 0 Å². The van der Waals surface area contributed by atoms with E-state index in [-0.39, 0.29) is 6.04 Å². The zero-order valence-electron chi connectivity index (χ0n) is 8.36. The summed E-state index contributed by atoms with van der Waals surface area (Å²) in [4.78, 5) is 4.29. The zero-order valence-corrected chi connectivity index (χ0v) is 8.36. The van der Waals surface area contributed by atoms with Crippen LogP contribution in [0.4, 0.5) is 0 Å². The molecular weight excluding hydrogens is 180 g/mol. The standard InChI is InChI=1S/C9H16N4O/c1-6(10)8-12-9(14-13-8)7-3-2-4-11-5-7/h6-7,11H,2-5,10H2,1H3. The molecule has 0 radical (unpaired) electrons. The average molecular weight is 196 g/mol. The molecule has 1 aliphatic rings. The number of hydrogen-bond donors (Lipinski definition) is 2. The van der Waals surface area contributed by atoms with Gasteiger partial charge in [0.05, 0.1) is 12.0 Å². The summed E-state index contributed by atoms with van der Waals surface area (Å²) < 4.78 is 5.18. The van der Waals surface area contributed by atoms with E-state index in [9.17, 15) is 0 Å². The third kappa shape index (κ3) is 1.93. The summed E-state index contributed by atoms with van der Waals surface area (Å²) in [6.45, 7) is 3.87. The number of rotatable bonds is 2. The highest BCUT2D eigenvalue weighted by atomic mass is 16.5. The number of nitrogens with zero attached hydrogens (tertiary/aromatic N) is 2. The van der Waals surface area contributed by atoms with Gasteiger partial charge < -0.3 is 15.6 Å². The van der Waals surface area contributed by atoms with Crippen LogP contribution in [0, 0.1) is 0 Å². The molecular formula is C9H16N4O. The van der Waals surface area contributed by atoms with Crippen molar-refractivity contribution in [3.8, 4) is 0 Å². The van der Waals surface area contributed by atoms with Crippen LogP contribution in [0.3, 0.4) is 0 Å². The quantitative estimate of drug-likeness (QED) is 0.722. The number of aromatic nitrogens is 2. The molecule has 1 aromatic heterocycles. The van der Waals surface area contributed by atoms with Gasteiger partial charge in [-0.05, 0) is 26.3 Å². The molecule has 2 heterocycles. The fraction of sp³-hybridized carbons (Fsp3) is 0.778. The summed E-state index contributed by atoms with van der Waals surface area (Å²) >= 11 is 0. The van der Waals surface area contributed by atoms with Gasteiger partial charge in [0.2, 0.25) is 5.89 Å². The Kier molecular flexibility index (Phi) is 2.79. The van der Waals surface area contributed by atoms with Crippen LogP contribution in [0.15, 0.2) is 4.52 Å². The normalized spacial score (nSPS) is 24.9. The van der Waals surface area contributed by atoms with Gasteiger partial charge in [-0.15, -0.1) is 0 Å². The molecule has 0 spiro atoms. The molecule has 1 aromatic rings. The Morgan fingerprint density at radius 2 is 2.50 bits per heavy atom. The molecule has 1 fully saturated rings. The lowest BCUT2D eigenvalue weighted by Crippen LogP contribution is -2.28. The summed E-state index contributed by atoms with van der Waals surface area (Å²) in [6.07, 6.45) is 2.29. The Labute approximate surface area is 83.1 Å². The molecule has 14 heavy (non-hydrogen) atoms. The first-order valence-electron chi connectivity index (χ1n) is 5.07. The molecule has 0 bridgehead atoms. The monoisotopic (exact) mass is 196 g/mol. The minimum Gasteiger partial charge on any atom is -0.339 e. The smallest absolute Gasteiger partial charge is 0.231 e. The number of hydrogen-bond acceptors (Lipinski definition) is 5. The largest absolute Gasteiger partial charge is 0.339 e. The summed E-state index contributed by atoms with van der Waals surface area (Å²) in [7, 11) is 0. The zero-order chi connectivity index (χ0) is 9.97. The van der Waals surface area contributed by atoms with Crippen LogP contribution in [0.25, 0.3) is 0 Å². The van der Waals surface area contributed by atoms with Crippen LogP contribution < -0.4 is 11.1 Å². The van der Waals surface area contributed by atoms with Crippen LogP contribution in [0.5, 0.6) is 0 Å². The summed E-state index contributed by atoms with van der Waals surface area (Å²) in [6, 6.07) is -0.149. The van der Waals surface area contributed by atoms with E-state index >= 15 is 0 Å². The fourth-order valence-corrected chi connectivity index (χ4v) is 1.66. The van der Waals surface area contributed by atoms with Gasteiger partial charge in [-0.25, -0.2) is 0 Å². The van der Waals surface area contributed by atoms with E-state index in [0.717, 1.165) is 25.4 Å². The first-order valence-corrected chi connectivity index (χ1v) is 5.07. The maximum absolute atomic E-state index is 5.66. The van der Waals surface area contributed by atoms with Crippen molar-refractivity contribution in [3.63, 3.8) is 0 Å². The second-order valence-electron chi connectivity index (χ2n) is 3.82. The molecule has 0 amide bonds. The average Bonchev–Trinajstić information content (AvgIpc) is 2.68. The maximum atomic E-state index is 5.66. The van der Waals surface area contributed by atoms with E-state index < -0.39 is 0 Å². The molecule has 5 heteroatoms. The van der Waals surface area contributed by atoms with Crippen molar-refractivity contribution in [1.82, 2.24) is 15.5 Å². The van der Waals surface area contributed by atoms with Gasteiger partial charge in [0.25, 0.3) is 0 Å². The van der Waals surface area contributed by atoms with E-state index in [1.807, 2.05) is 6.92 Å². The predicted molar refractivity (Wildman–Crippen MR) is 51.7 cm³/mol. The first kappa shape index (κ1) is 9.61. The molecule has 2 unspecified atom stereocenters. The third-order valence-electron chi connectivity index (χ3n) is 2.51. The number of nitrogens with one attached hydrogen (secondary N) is 1. The Morgan fingerprint density at radius 3 is 3.07 bits per heavy atom. The molecule has 5 nitrogen and oxygen atoms in total. The summed E-state index contributed by atoms with van der Waals surface area (Å²) in [5.74, 6) is 1.69. The lowest BCUT2D eigenvalue weighted by atomic mass is 10.00. The SMILES string of the molecule is CC(N)c1noc(C2CCCNC2)n1. The minimum absolute atomic E-state index is 0.149. The Balaban J connectivity index is 2.07. The van der Waals surface area contributed by atoms with E-state index in [2.05, 4.69) is 15.5 Å². The van der Waals surface area contributed by atoms with Crippen LogP contribution >= 0.6 is 0 Å². The van der Waals surface area contributed by atoms with E-state index in [1.54, 1.807) is 0 Å². The molecule has 0 saturated carbocycles. The summed E-state index contributed by atoms with van der Waals surface area (Å²) in [5.41, 5.74) is 5.66. The highest BCUT2D eigenvalue weighted by Crippen LogP contribution is 2.22. The van der Waals surface area contributed by atoms with Crippen LogP contribution in [-0.2, 0) is 0 Å². The molecule has 0 aromatic carbocycles. The Hall–Kier alpha value is -0.940. The van der Waals surface area contributed by atoms with Crippen molar-refractivity contribution in [2.24, 2.45) is 5.73 Å². The Bertz CT molecular complexity index is 291. The first-order chi connectivity index (χ1) is 6.77. The van der Waals surface area contributed by atoms with Crippen molar-refractivity contribution in [1.29, 1.82) is 0 Å². The van der Waals surface area contributed by atoms with Crippen molar-refractivity contribution in [3.05, 3.63) is 11.7 Å². The Morgan fingerprint density at radius 1 is 1.64 bits per heavy atom. The lowest BCUT2D eigenvalue weighted by molar-refractivity contribution is 0.319. The van der Waals surface area contributed by atoms with Gasteiger partial charge in [0, 0.05) is 6.54 Å². The molecule has 3 N–H and O–H groups in total. The topological polar surface area (TPSA) is 77.0 Å². The van der Waals surface area contributed by atoms with Crippen molar-refractivity contribution in [2.75, 3.05) is 13.1 Å². The molecule has 1 saturated heterocycles. The second kappa shape index (κ2) is 4.06. The van der Waals surface area contributed by atoms with Gasteiger partial charge >= 0.3 is 0 Å². The molecule has 2 atom stereocenters. The maximum Gasteiger partial charge on any atom is 0.231 e. The van der Waals surface area contributed by atoms with Crippen LogP contribution in [-0.4, -0.2) is 23.2 Å². The minimum atomic E-state index is -0.149. The highest BCUT2D eigenvalue weighted by molar-refractivity contribution is 4.98. The molecule has 2 rings (SSSR count). The molecule has 78 valence electrons. The van der Waals surface area contributed by atoms with Gasteiger partial charge in [-0.2, -0.15) is 4.98 Å². The highest BCUT2D eigenvalue weighted by Gasteiger charge is 2.21. The van der Waals surface area contributed by atoms with E-state index in [0.29, 0.717) is 11.7 Å². The van der Waals surface area contributed by atoms with Gasteiger partial charge in [0.1, 0.15) is 0 Å². The third-order valence-corrected chi connectivity index (χ3v) is 2.51. The second-order valence-corrected chi connectivity index (χ2v) is 3.82. The van der Waals surface area contributed by atoms with E-state index in [4.69, 9.17) is 10.3 Å². The number of piperidine rings is 1. The predicted octanol–water partition coefficient (Wildman–Crippen LogP) is 0.556. The van der Waals surface area contributed by atoms with Gasteiger partial charge in [-0.3, -0.25) is 0 Å². The van der Waals surface area contributed by atoms with Gasteiger partial charge in [0.15, 0.2) is 5.82 Å². The molecule has 0 aliphatic carbocycles. The van der Waals surface area contributed by atoms with E-state index in [1.165, 1.54) is 6.42 Å². The van der Waals surface area contributed by atoms with Crippen molar-refractivity contribution in [2.45, 2.75) is 31.7 Å². The number of nitrogens with two attached hydrogens (primary N) is 1. The van der Waals surface area contributed by atoms with Crippen LogP contribution in [0.1, 0.15) is 43.4 Å². The lowest BCUT2D eigenvalue weighted by Gasteiger charge is -2.18. The molecule has 1 aliphatic heterocycles. The summed E-state index contributed by atoms with van der Waals surface area (Å²) in [5, 5.41) is 7.16.